The number of imidazole rings is 1. The second-order valence-electron chi connectivity index (χ2n) is 16.1. The molecule has 4 amide bonds. The molecule has 0 spiro atoms. The zero-order valence-electron chi connectivity index (χ0n) is 34.1. The number of nitrogens with one attached hydrogen (secondary N) is 4. The smallest absolute Gasteiger partial charge is 0.407 e. The molecule has 2 saturated heterocycles. The highest BCUT2D eigenvalue weighted by Crippen LogP contribution is 2.34. The van der Waals surface area contributed by atoms with E-state index in [1.165, 1.54) is 14.2 Å². The van der Waals surface area contributed by atoms with Crippen molar-refractivity contribution in [2.45, 2.75) is 83.6 Å². The normalized spacial score (nSPS) is 20.2. The molecule has 0 aliphatic carbocycles. The Balaban J connectivity index is 0.993. The summed E-state index contributed by atoms with van der Waals surface area (Å²) in [5.74, 6) is 1.11. The van der Waals surface area contributed by atoms with Crippen molar-refractivity contribution >= 4 is 40.6 Å². The van der Waals surface area contributed by atoms with Crippen molar-refractivity contribution in [3.63, 3.8) is 0 Å². The van der Waals surface area contributed by atoms with Crippen LogP contribution in [0.15, 0.2) is 71.9 Å². The van der Waals surface area contributed by atoms with E-state index in [-0.39, 0.29) is 41.8 Å². The van der Waals surface area contributed by atoms with E-state index in [1.807, 2.05) is 43.7 Å². The minimum atomic E-state index is -0.686. The molecule has 5 atom stereocenters. The fraction of sp³-hybridized carbons (Fsp3) is 0.455. The number of hydrogen-bond donors (Lipinski definition) is 4. The average Bonchev–Trinajstić information content (AvgIpc) is 4.07. The average molecular weight is 791 g/mol. The Bertz CT molecular complexity index is 2180. The van der Waals surface area contributed by atoms with Crippen LogP contribution in [0.25, 0.3) is 33.2 Å². The fourth-order valence-corrected chi connectivity index (χ4v) is 8.39. The van der Waals surface area contributed by atoms with Gasteiger partial charge in [0.1, 0.15) is 23.7 Å². The van der Waals surface area contributed by atoms with Crippen molar-refractivity contribution in [1.82, 2.24) is 35.7 Å². The summed E-state index contributed by atoms with van der Waals surface area (Å²) >= 11 is 0. The molecule has 58 heavy (non-hydrogen) atoms. The number of likely N-dealkylation sites (tertiary alicyclic amines) is 2. The summed E-state index contributed by atoms with van der Waals surface area (Å²) in [5, 5.41) is 11.2. The van der Waals surface area contributed by atoms with Gasteiger partial charge >= 0.3 is 12.2 Å². The molecule has 14 nitrogen and oxygen atoms in total. The van der Waals surface area contributed by atoms with Crippen LogP contribution < -0.4 is 16.0 Å². The predicted octanol–water partition coefficient (Wildman–Crippen LogP) is 6.36. The van der Waals surface area contributed by atoms with Gasteiger partial charge in [0.25, 0.3) is 0 Å². The van der Waals surface area contributed by atoms with Crippen molar-refractivity contribution < 1.29 is 28.7 Å². The fourth-order valence-electron chi connectivity index (χ4n) is 8.39. The van der Waals surface area contributed by atoms with Gasteiger partial charge in [0.15, 0.2) is 0 Å². The lowest BCUT2D eigenvalue weighted by atomic mass is 9.97. The van der Waals surface area contributed by atoms with E-state index in [4.69, 9.17) is 19.5 Å². The molecule has 0 saturated carbocycles. The molecule has 7 rings (SSSR count). The van der Waals surface area contributed by atoms with Gasteiger partial charge in [0, 0.05) is 18.7 Å². The van der Waals surface area contributed by atoms with Crippen LogP contribution in [0.1, 0.15) is 76.8 Å². The van der Waals surface area contributed by atoms with Crippen molar-refractivity contribution in [2.75, 3.05) is 33.9 Å². The second-order valence-corrected chi connectivity index (χ2v) is 16.1. The van der Waals surface area contributed by atoms with Crippen molar-refractivity contribution in [1.29, 1.82) is 0 Å². The van der Waals surface area contributed by atoms with E-state index in [1.54, 1.807) is 0 Å². The van der Waals surface area contributed by atoms with Gasteiger partial charge in [0.2, 0.25) is 11.8 Å². The number of ether oxygens (including phenoxy) is 2. The van der Waals surface area contributed by atoms with Gasteiger partial charge in [-0.25, -0.2) is 14.6 Å². The highest BCUT2D eigenvalue weighted by Gasteiger charge is 2.40. The van der Waals surface area contributed by atoms with Crippen LogP contribution in [0, 0.1) is 11.8 Å². The Morgan fingerprint density at radius 3 is 1.84 bits per heavy atom. The number of benzene rings is 3. The molecule has 3 aliphatic rings. The Morgan fingerprint density at radius 1 is 0.724 bits per heavy atom. The van der Waals surface area contributed by atoms with Crippen LogP contribution in [0.3, 0.4) is 0 Å². The first-order chi connectivity index (χ1) is 27.9. The number of aromatic amines is 1. The summed E-state index contributed by atoms with van der Waals surface area (Å²) in [4.78, 5) is 67.8. The van der Waals surface area contributed by atoms with E-state index in [2.05, 4.69) is 81.6 Å². The Hall–Kier alpha value is -5.92. The number of rotatable bonds is 11. The topological polar surface area (TPSA) is 170 Å². The molecular weight excluding hydrogens is 737 g/mol. The highest BCUT2D eigenvalue weighted by molar-refractivity contribution is 5.95. The lowest BCUT2D eigenvalue weighted by Crippen LogP contribution is -2.54. The molecule has 4 heterocycles. The molecule has 3 aromatic carbocycles. The van der Waals surface area contributed by atoms with Crippen molar-refractivity contribution in [2.24, 2.45) is 16.8 Å². The van der Waals surface area contributed by atoms with Crippen LogP contribution in [-0.2, 0) is 19.1 Å². The number of amides is 4. The lowest BCUT2D eigenvalue weighted by molar-refractivity contribution is -0.135. The summed E-state index contributed by atoms with van der Waals surface area (Å²) in [7, 11) is 2.59. The predicted molar refractivity (Wildman–Crippen MR) is 222 cm³/mol. The van der Waals surface area contributed by atoms with Crippen molar-refractivity contribution in [3.8, 4) is 22.4 Å². The summed E-state index contributed by atoms with van der Waals surface area (Å²) < 4.78 is 9.54. The van der Waals surface area contributed by atoms with Crippen LogP contribution in [-0.4, -0.2) is 102 Å². The second kappa shape index (κ2) is 17.3. The molecule has 1 unspecified atom stereocenters. The SMILES string of the molecule is COC(=O)N[C@H](C(=O)N1CCC[C@H]1C1=NCC(c2ccc(-c3ccc4cc(-c5cnc([C@@H]6CCCN6C(=O)[C@@H](NC(=O)OC)C(C)C)[nH]5)ccc4c3)cc2)N1)C(C)C. The number of aliphatic imine (C=N–C) groups is 1. The molecule has 0 radical (unpaired) electrons. The van der Waals surface area contributed by atoms with E-state index in [9.17, 15) is 19.2 Å². The van der Waals surface area contributed by atoms with Gasteiger partial charge < -0.3 is 40.2 Å². The zero-order chi connectivity index (χ0) is 41.1. The van der Waals surface area contributed by atoms with E-state index in [0.717, 1.165) is 76.1 Å². The van der Waals surface area contributed by atoms with Crippen LogP contribution >= 0.6 is 0 Å². The molecule has 14 heteroatoms. The van der Waals surface area contributed by atoms with Gasteiger partial charge in [-0.3, -0.25) is 14.6 Å². The summed E-state index contributed by atoms with van der Waals surface area (Å²) in [5.41, 5.74) is 5.21. The van der Waals surface area contributed by atoms with Gasteiger partial charge in [-0.1, -0.05) is 76.2 Å². The molecule has 1 aromatic heterocycles. The standard InChI is InChI=1S/C44H54N8O6/c1-25(2)37(49-43(55)57-5)41(53)51-19-7-9-35(51)39-45-23-33(47-39)28-13-11-27(12-14-28)29-15-16-31-22-32(18-17-30(31)21-29)34-24-46-40(48-34)36-10-8-20-52(36)42(54)38(26(3)4)50-44(56)58-6/h11-18,21-22,24-26,33,35-38H,7-10,19-20,23H2,1-6H3,(H,45,47)(H,46,48)(H,49,55)(H,50,56)/t33?,35-,36-,37-,38-/m0/s1. The largest absolute Gasteiger partial charge is 0.453 e. The molecular formula is C44H54N8O6. The number of carbonyl (C=O) groups excluding carboxylic acids is 4. The minimum Gasteiger partial charge on any atom is -0.453 e. The first kappa shape index (κ1) is 40.3. The minimum absolute atomic E-state index is 0.00600. The first-order valence-electron chi connectivity index (χ1n) is 20.3. The van der Waals surface area contributed by atoms with Gasteiger partial charge in [0.05, 0.1) is 50.8 Å². The molecule has 3 aliphatic heterocycles. The van der Waals surface area contributed by atoms with Crippen molar-refractivity contribution in [3.05, 3.63) is 78.2 Å². The molecule has 2 fully saturated rings. The third-order valence-corrected chi connectivity index (χ3v) is 11.6. The molecule has 306 valence electrons. The van der Waals surface area contributed by atoms with E-state index in [0.29, 0.717) is 19.6 Å². The summed E-state index contributed by atoms with van der Waals surface area (Å²) in [6, 6.07) is 19.7. The Morgan fingerprint density at radius 2 is 1.26 bits per heavy atom. The lowest BCUT2D eigenvalue weighted by Gasteiger charge is -2.31. The highest BCUT2D eigenvalue weighted by atomic mass is 16.5. The Kier molecular flexibility index (Phi) is 12.0. The number of methoxy groups -OCH3 is 2. The number of fused-ring (bicyclic) bond motifs is 1. The van der Waals surface area contributed by atoms with Crippen LogP contribution in [0.2, 0.25) is 0 Å². The van der Waals surface area contributed by atoms with Crippen LogP contribution in [0.5, 0.6) is 0 Å². The molecule has 4 aromatic rings. The molecule has 4 N–H and O–H groups in total. The zero-order valence-corrected chi connectivity index (χ0v) is 34.1. The maximum atomic E-state index is 13.6. The Labute approximate surface area is 339 Å². The van der Waals surface area contributed by atoms with Gasteiger partial charge in [-0.05, 0) is 77.1 Å². The third-order valence-electron chi connectivity index (χ3n) is 11.6. The maximum absolute atomic E-state index is 13.6. The number of hydrogen-bond acceptors (Lipinski definition) is 9. The number of alkyl carbamates (subject to hydrolysis) is 2. The van der Waals surface area contributed by atoms with Crippen LogP contribution in [0.4, 0.5) is 9.59 Å². The molecule has 0 bridgehead atoms. The summed E-state index contributed by atoms with van der Waals surface area (Å²) in [6.07, 6.45) is 3.92. The number of H-pyrrole nitrogens is 1. The van der Waals surface area contributed by atoms with E-state index >= 15 is 0 Å². The number of aromatic nitrogens is 2. The number of carbonyl (C=O) groups is 4. The number of nitrogens with zero attached hydrogens (tertiary/aromatic N) is 4. The van der Waals surface area contributed by atoms with Gasteiger partial charge in [-0.2, -0.15) is 0 Å². The van der Waals surface area contributed by atoms with Gasteiger partial charge in [-0.15, -0.1) is 0 Å². The van der Waals surface area contributed by atoms with E-state index < -0.39 is 24.3 Å². The quantitative estimate of drug-likeness (QED) is 0.136. The summed E-state index contributed by atoms with van der Waals surface area (Å²) in [6.45, 7) is 9.44. The first-order valence-corrected chi connectivity index (χ1v) is 20.3. The third kappa shape index (κ3) is 8.37. The maximum Gasteiger partial charge on any atom is 0.407 e. The number of amidine groups is 1. The monoisotopic (exact) mass is 790 g/mol.